The number of carboxylic acid groups (broad SMARTS) is 1. The van der Waals surface area contributed by atoms with E-state index in [1.54, 1.807) is 12.4 Å². The van der Waals surface area contributed by atoms with Gasteiger partial charge in [-0.05, 0) is 25.3 Å². The molecule has 1 saturated heterocycles. The molecule has 17 heavy (non-hydrogen) atoms. The summed E-state index contributed by atoms with van der Waals surface area (Å²) in [5.41, 5.74) is 0.981. The van der Waals surface area contributed by atoms with Gasteiger partial charge < -0.3 is 10.0 Å². The van der Waals surface area contributed by atoms with E-state index in [0.29, 0.717) is 13.0 Å². The van der Waals surface area contributed by atoms with Crippen LogP contribution in [0.15, 0.2) is 12.4 Å². The monoisotopic (exact) mass is 237 g/mol. The van der Waals surface area contributed by atoms with E-state index in [0.717, 1.165) is 12.0 Å². The van der Waals surface area contributed by atoms with Crippen LogP contribution in [0.4, 0.5) is 0 Å². The fraction of sp³-hybridized carbons (Fsp3) is 0.545. The van der Waals surface area contributed by atoms with E-state index in [4.69, 9.17) is 5.11 Å². The third kappa shape index (κ3) is 2.46. The Morgan fingerprint density at radius 3 is 2.94 bits per heavy atom. The molecule has 0 bridgehead atoms. The van der Waals surface area contributed by atoms with E-state index in [2.05, 4.69) is 5.10 Å². The van der Waals surface area contributed by atoms with Crippen molar-refractivity contribution in [2.24, 2.45) is 0 Å². The molecule has 1 aromatic rings. The standard InChI is InChI=1S/C11H15N3O3/c1-8-5-12-13(6-8)7-10(15)14-4-2-3-9(14)11(16)17/h5-6,9H,2-4,7H2,1H3,(H,16,17)/t9-/m0/s1. The van der Waals surface area contributed by atoms with Gasteiger partial charge in [0.05, 0.1) is 6.20 Å². The largest absolute Gasteiger partial charge is 0.480 e. The molecular weight excluding hydrogens is 222 g/mol. The molecule has 0 aromatic carbocycles. The summed E-state index contributed by atoms with van der Waals surface area (Å²) in [7, 11) is 0. The molecule has 1 aliphatic rings. The van der Waals surface area contributed by atoms with Crippen LogP contribution in [-0.2, 0) is 16.1 Å². The zero-order chi connectivity index (χ0) is 12.4. The lowest BCUT2D eigenvalue weighted by molar-refractivity contribution is -0.148. The van der Waals surface area contributed by atoms with Crippen LogP contribution in [0.25, 0.3) is 0 Å². The Kier molecular flexibility index (Phi) is 3.12. The molecule has 0 aliphatic carbocycles. The third-order valence-electron chi connectivity index (χ3n) is 2.92. The van der Waals surface area contributed by atoms with Crippen molar-refractivity contribution in [2.45, 2.75) is 32.4 Å². The fourth-order valence-electron chi connectivity index (χ4n) is 2.10. The molecule has 2 rings (SSSR count). The molecule has 1 atom stereocenters. The molecule has 1 aromatic heterocycles. The topological polar surface area (TPSA) is 75.4 Å². The molecule has 0 spiro atoms. The second-order valence-corrected chi connectivity index (χ2v) is 4.30. The van der Waals surface area contributed by atoms with Gasteiger partial charge >= 0.3 is 5.97 Å². The Morgan fingerprint density at radius 1 is 1.59 bits per heavy atom. The van der Waals surface area contributed by atoms with Crippen LogP contribution < -0.4 is 0 Å². The number of nitrogens with zero attached hydrogens (tertiary/aromatic N) is 3. The molecule has 1 aliphatic heterocycles. The van der Waals surface area contributed by atoms with Gasteiger partial charge in [0.25, 0.3) is 0 Å². The first kappa shape index (κ1) is 11.6. The maximum absolute atomic E-state index is 11.9. The van der Waals surface area contributed by atoms with Gasteiger partial charge in [0.2, 0.25) is 5.91 Å². The quantitative estimate of drug-likeness (QED) is 0.818. The molecule has 0 saturated carbocycles. The average Bonchev–Trinajstić information content (AvgIpc) is 2.86. The van der Waals surface area contributed by atoms with Crippen LogP contribution in [0.1, 0.15) is 18.4 Å². The van der Waals surface area contributed by atoms with Gasteiger partial charge in [0.15, 0.2) is 0 Å². The average molecular weight is 237 g/mol. The highest BCUT2D eigenvalue weighted by atomic mass is 16.4. The van der Waals surface area contributed by atoms with Gasteiger partial charge in [-0.25, -0.2) is 4.79 Å². The molecular formula is C11H15N3O3. The Labute approximate surface area is 98.8 Å². The number of rotatable bonds is 3. The normalized spacial score (nSPS) is 19.6. The highest BCUT2D eigenvalue weighted by molar-refractivity contribution is 5.84. The maximum Gasteiger partial charge on any atom is 0.326 e. The first-order valence-electron chi connectivity index (χ1n) is 5.59. The van der Waals surface area contributed by atoms with Gasteiger partial charge in [-0.3, -0.25) is 9.48 Å². The van der Waals surface area contributed by atoms with Crippen molar-refractivity contribution in [3.8, 4) is 0 Å². The summed E-state index contributed by atoms with van der Waals surface area (Å²) < 4.78 is 1.54. The number of carbonyl (C=O) groups excluding carboxylic acids is 1. The zero-order valence-electron chi connectivity index (χ0n) is 9.67. The summed E-state index contributed by atoms with van der Waals surface area (Å²) in [6.45, 7) is 2.53. The van der Waals surface area contributed by atoms with Gasteiger partial charge in [-0.1, -0.05) is 0 Å². The predicted octanol–water partition coefficient (Wildman–Crippen LogP) is 0.267. The second kappa shape index (κ2) is 4.57. The predicted molar refractivity (Wildman–Crippen MR) is 59.3 cm³/mol. The minimum atomic E-state index is -0.924. The smallest absolute Gasteiger partial charge is 0.326 e. The first-order valence-corrected chi connectivity index (χ1v) is 5.59. The van der Waals surface area contributed by atoms with E-state index in [9.17, 15) is 9.59 Å². The van der Waals surface area contributed by atoms with Crippen LogP contribution in [0.3, 0.4) is 0 Å². The van der Waals surface area contributed by atoms with Crippen molar-refractivity contribution in [3.05, 3.63) is 18.0 Å². The summed E-state index contributed by atoms with van der Waals surface area (Å²) in [6.07, 6.45) is 4.73. The first-order chi connectivity index (χ1) is 8.08. The van der Waals surface area contributed by atoms with Crippen LogP contribution >= 0.6 is 0 Å². The highest BCUT2D eigenvalue weighted by Crippen LogP contribution is 2.17. The van der Waals surface area contributed by atoms with Crippen LogP contribution in [0, 0.1) is 6.92 Å². The van der Waals surface area contributed by atoms with Gasteiger partial charge in [0.1, 0.15) is 12.6 Å². The van der Waals surface area contributed by atoms with Crippen molar-refractivity contribution >= 4 is 11.9 Å². The number of aliphatic carboxylic acids is 1. The lowest BCUT2D eigenvalue weighted by Crippen LogP contribution is -2.42. The number of hydrogen-bond acceptors (Lipinski definition) is 3. The van der Waals surface area contributed by atoms with Crippen molar-refractivity contribution in [2.75, 3.05) is 6.54 Å². The summed E-state index contributed by atoms with van der Waals surface area (Å²) in [6, 6.07) is -0.667. The number of hydrogen-bond donors (Lipinski definition) is 1. The molecule has 6 nitrogen and oxygen atoms in total. The molecule has 1 amide bonds. The van der Waals surface area contributed by atoms with Crippen LogP contribution in [0.2, 0.25) is 0 Å². The molecule has 6 heteroatoms. The number of aryl methyl sites for hydroxylation is 1. The molecule has 0 radical (unpaired) electrons. The molecule has 1 fully saturated rings. The molecule has 2 heterocycles. The Morgan fingerprint density at radius 2 is 2.35 bits per heavy atom. The SMILES string of the molecule is Cc1cnn(CC(=O)N2CCC[C@H]2C(=O)O)c1. The van der Waals surface area contributed by atoms with E-state index in [1.165, 1.54) is 9.58 Å². The lowest BCUT2D eigenvalue weighted by Gasteiger charge is -2.21. The minimum Gasteiger partial charge on any atom is -0.480 e. The van der Waals surface area contributed by atoms with Gasteiger partial charge in [0, 0.05) is 12.7 Å². The fourth-order valence-corrected chi connectivity index (χ4v) is 2.10. The number of carboxylic acids is 1. The summed E-state index contributed by atoms with van der Waals surface area (Å²) in [4.78, 5) is 24.3. The highest BCUT2D eigenvalue weighted by Gasteiger charge is 2.33. The van der Waals surface area contributed by atoms with Crippen molar-refractivity contribution in [1.29, 1.82) is 0 Å². The number of aromatic nitrogens is 2. The minimum absolute atomic E-state index is 0.109. The maximum atomic E-state index is 11.9. The van der Waals surface area contributed by atoms with Crippen molar-refractivity contribution in [3.63, 3.8) is 0 Å². The zero-order valence-corrected chi connectivity index (χ0v) is 9.67. The molecule has 0 unspecified atom stereocenters. The summed E-state index contributed by atoms with van der Waals surface area (Å²) in [5, 5.41) is 13.0. The van der Waals surface area contributed by atoms with Crippen molar-refractivity contribution in [1.82, 2.24) is 14.7 Å². The van der Waals surface area contributed by atoms with Crippen LogP contribution in [-0.4, -0.2) is 44.3 Å². The Hall–Kier alpha value is -1.85. The summed E-state index contributed by atoms with van der Waals surface area (Å²) >= 11 is 0. The van der Waals surface area contributed by atoms with E-state index in [-0.39, 0.29) is 12.5 Å². The number of carbonyl (C=O) groups is 2. The molecule has 92 valence electrons. The summed E-state index contributed by atoms with van der Waals surface area (Å²) in [5.74, 6) is -1.11. The Balaban J connectivity index is 2.02. The van der Waals surface area contributed by atoms with E-state index >= 15 is 0 Å². The second-order valence-electron chi connectivity index (χ2n) is 4.30. The number of likely N-dealkylation sites (tertiary alicyclic amines) is 1. The Bertz CT molecular complexity index is 441. The third-order valence-corrected chi connectivity index (χ3v) is 2.92. The number of amides is 1. The van der Waals surface area contributed by atoms with E-state index < -0.39 is 12.0 Å². The van der Waals surface area contributed by atoms with Gasteiger partial charge in [-0.15, -0.1) is 0 Å². The van der Waals surface area contributed by atoms with E-state index in [1.807, 2.05) is 6.92 Å². The lowest BCUT2D eigenvalue weighted by atomic mass is 10.2. The molecule has 1 N–H and O–H groups in total. The van der Waals surface area contributed by atoms with Crippen LogP contribution in [0.5, 0.6) is 0 Å². The van der Waals surface area contributed by atoms with Crippen molar-refractivity contribution < 1.29 is 14.7 Å². The van der Waals surface area contributed by atoms with Gasteiger partial charge in [-0.2, -0.15) is 5.10 Å².